The third-order valence-corrected chi connectivity index (χ3v) is 4.20. The summed E-state index contributed by atoms with van der Waals surface area (Å²) >= 11 is 6.04. The van der Waals surface area contributed by atoms with E-state index in [9.17, 15) is 0 Å². The lowest BCUT2D eigenvalue weighted by Gasteiger charge is -2.26. The summed E-state index contributed by atoms with van der Waals surface area (Å²) in [7, 11) is 0. The Kier molecular flexibility index (Phi) is 2.80. The summed E-state index contributed by atoms with van der Waals surface area (Å²) < 4.78 is 5.92. The van der Waals surface area contributed by atoms with Crippen LogP contribution in [0.2, 0.25) is 5.02 Å². The third-order valence-electron chi connectivity index (χ3n) is 3.97. The van der Waals surface area contributed by atoms with E-state index in [-0.39, 0.29) is 5.54 Å². The highest BCUT2D eigenvalue weighted by atomic mass is 35.5. The van der Waals surface area contributed by atoms with Gasteiger partial charge in [0.25, 0.3) is 0 Å². The number of hydrogen-bond donors (Lipinski definition) is 1. The Bertz CT molecular complexity index is 424. The lowest BCUT2D eigenvalue weighted by atomic mass is 9.86. The van der Waals surface area contributed by atoms with E-state index in [1.807, 2.05) is 18.2 Å². The number of hydrogen-bond acceptors (Lipinski definition) is 2. The highest BCUT2D eigenvalue weighted by Gasteiger charge is 2.42. The van der Waals surface area contributed by atoms with E-state index >= 15 is 0 Å². The van der Waals surface area contributed by atoms with Crippen LogP contribution in [-0.4, -0.2) is 6.61 Å². The highest BCUT2D eigenvalue weighted by molar-refractivity contribution is 6.30. The van der Waals surface area contributed by atoms with Gasteiger partial charge < -0.3 is 10.5 Å². The smallest absolute Gasteiger partial charge is 0.124 e. The second-order valence-corrected chi connectivity index (χ2v) is 5.84. The molecule has 0 saturated heterocycles. The standard InChI is InChI=1S/C14H18ClNO/c15-11-4-5-13(17-9-10-2-1-3-10)12(8-11)14(16)6-7-14/h4-5,8,10H,1-3,6-7,9,16H2. The quantitative estimate of drug-likeness (QED) is 0.889. The van der Waals surface area contributed by atoms with Crippen LogP contribution in [0.15, 0.2) is 18.2 Å². The zero-order valence-corrected chi connectivity index (χ0v) is 10.7. The molecule has 0 spiro atoms. The Morgan fingerprint density at radius 2 is 2.12 bits per heavy atom. The van der Waals surface area contributed by atoms with Crippen LogP contribution in [-0.2, 0) is 5.54 Å². The van der Waals surface area contributed by atoms with Crippen LogP contribution in [0.5, 0.6) is 5.75 Å². The highest BCUT2D eigenvalue weighted by Crippen LogP contribution is 2.47. The zero-order chi connectivity index (χ0) is 11.9. The predicted molar refractivity (Wildman–Crippen MR) is 69.4 cm³/mol. The molecule has 0 atom stereocenters. The van der Waals surface area contributed by atoms with E-state index in [4.69, 9.17) is 22.1 Å². The van der Waals surface area contributed by atoms with Gasteiger partial charge in [0.15, 0.2) is 0 Å². The molecule has 0 bridgehead atoms. The summed E-state index contributed by atoms with van der Waals surface area (Å²) in [6.45, 7) is 0.824. The molecule has 0 unspecified atom stereocenters. The van der Waals surface area contributed by atoms with E-state index in [1.54, 1.807) is 0 Å². The van der Waals surface area contributed by atoms with Crippen LogP contribution >= 0.6 is 11.6 Å². The van der Waals surface area contributed by atoms with Crippen molar-refractivity contribution >= 4 is 11.6 Å². The summed E-state index contributed by atoms with van der Waals surface area (Å²) in [6, 6.07) is 5.81. The molecule has 2 nitrogen and oxygen atoms in total. The van der Waals surface area contributed by atoms with Gasteiger partial charge in [0.1, 0.15) is 5.75 Å². The van der Waals surface area contributed by atoms with Gasteiger partial charge in [-0.25, -0.2) is 0 Å². The largest absolute Gasteiger partial charge is 0.493 e. The molecule has 0 heterocycles. The normalized spacial score (nSPS) is 22.0. The number of halogens is 1. The fraction of sp³-hybridized carbons (Fsp3) is 0.571. The molecular formula is C14H18ClNO. The first-order chi connectivity index (χ1) is 8.17. The SMILES string of the molecule is NC1(c2cc(Cl)ccc2OCC2CCC2)CC1. The molecule has 2 aliphatic rings. The Morgan fingerprint density at radius 1 is 1.35 bits per heavy atom. The second-order valence-electron chi connectivity index (χ2n) is 5.40. The van der Waals surface area contributed by atoms with Crippen LogP contribution in [0.3, 0.4) is 0 Å². The second kappa shape index (κ2) is 4.18. The fourth-order valence-corrected chi connectivity index (χ4v) is 2.46. The lowest BCUT2D eigenvalue weighted by Crippen LogP contribution is -2.23. The van der Waals surface area contributed by atoms with Crippen molar-refractivity contribution in [1.82, 2.24) is 0 Å². The van der Waals surface area contributed by atoms with Gasteiger partial charge in [-0.05, 0) is 49.8 Å². The van der Waals surface area contributed by atoms with Gasteiger partial charge in [-0.2, -0.15) is 0 Å². The van der Waals surface area contributed by atoms with Gasteiger partial charge in [-0.1, -0.05) is 18.0 Å². The van der Waals surface area contributed by atoms with Crippen molar-refractivity contribution in [1.29, 1.82) is 0 Å². The maximum atomic E-state index is 6.25. The van der Waals surface area contributed by atoms with E-state index in [1.165, 1.54) is 19.3 Å². The molecule has 92 valence electrons. The van der Waals surface area contributed by atoms with E-state index < -0.39 is 0 Å². The molecule has 2 saturated carbocycles. The van der Waals surface area contributed by atoms with Crippen molar-refractivity contribution in [2.24, 2.45) is 11.7 Å². The number of nitrogens with two attached hydrogens (primary N) is 1. The van der Waals surface area contributed by atoms with Gasteiger partial charge in [0.2, 0.25) is 0 Å². The minimum absolute atomic E-state index is 0.181. The fourth-order valence-electron chi connectivity index (χ4n) is 2.29. The Balaban J connectivity index is 1.77. The first kappa shape index (κ1) is 11.4. The van der Waals surface area contributed by atoms with E-state index in [2.05, 4.69) is 0 Å². The van der Waals surface area contributed by atoms with Gasteiger partial charge in [-0.15, -0.1) is 0 Å². The number of rotatable bonds is 4. The summed E-state index contributed by atoms with van der Waals surface area (Å²) in [5.74, 6) is 1.67. The average Bonchev–Trinajstić information content (AvgIpc) is 2.97. The summed E-state index contributed by atoms with van der Waals surface area (Å²) in [4.78, 5) is 0. The molecule has 0 radical (unpaired) electrons. The molecule has 1 aromatic rings. The summed E-state index contributed by atoms with van der Waals surface area (Å²) in [5, 5.41) is 0.743. The topological polar surface area (TPSA) is 35.2 Å². The maximum Gasteiger partial charge on any atom is 0.124 e. The predicted octanol–water partition coefficient (Wildman–Crippen LogP) is 3.47. The first-order valence-electron chi connectivity index (χ1n) is 6.39. The van der Waals surface area contributed by atoms with Crippen molar-refractivity contribution in [2.75, 3.05) is 6.61 Å². The third kappa shape index (κ3) is 2.29. The molecule has 3 rings (SSSR count). The number of ether oxygens (including phenoxy) is 1. The van der Waals surface area contributed by atoms with Crippen molar-refractivity contribution in [3.63, 3.8) is 0 Å². The molecular weight excluding hydrogens is 234 g/mol. The Labute approximate surface area is 107 Å². The van der Waals surface area contributed by atoms with Gasteiger partial charge in [0, 0.05) is 16.1 Å². The molecule has 3 heteroatoms. The van der Waals surface area contributed by atoms with E-state index in [0.29, 0.717) is 0 Å². The van der Waals surface area contributed by atoms with Crippen LogP contribution in [0, 0.1) is 5.92 Å². The average molecular weight is 252 g/mol. The van der Waals surface area contributed by atoms with Crippen LogP contribution in [0.25, 0.3) is 0 Å². The molecule has 1 aromatic carbocycles. The Hall–Kier alpha value is -0.730. The molecule has 0 amide bonds. The van der Waals surface area contributed by atoms with Crippen molar-refractivity contribution < 1.29 is 4.74 Å². The van der Waals surface area contributed by atoms with Crippen molar-refractivity contribution in [2.45, 2.75) is 37.6 Å². The molecule has 2 fully saturated rings. The first-order valence-corrected chi connectivity index (χ1v) is 6.77. The van der Waals surface area contributed by atoms with Gasteiger partial charge in [0.05, 0.1) is 6.61 Å². The summed E-state index contributed by atoms with van der Waals surface area (Å²) in [6.07, 6.45) is 6.02. The number of benzene rings is 1. The molecule has 17 heavy (non-hydrogen) atoms. The minimum Gasteiger partial charge on any atom is -0.493 e. The van der Waals surface area contributed by atoms with E-state index in [0.717, 1.165) is 41.7 Å². The monoisotopic (exact) mass is 251 g/mol. The van der Waals surface area contributed by atoms with Crippen LogP contribution in [0.1, 0.15) is 37.7 Å². The minimum atomic E-state index is -0.181. The zero-order valence-electron chi connectivity index (χ0n) is 9.92. The Morgan fingerprint density at radius 3 is 2.71 bits per heavy atom. The van der Waals surface area contributed by atoms with Crippen molar-refractivity contribution in [3.8, 4) is 5.75 Å². The molecule has 0 aromatic heterocycles. The summed E-state index contributed by atoms with van der Waals surface area (Å²) in [5.41, 5.74) is 7.16. The molecule has 0 aliphatic heterocycles. The molecule has 2 aliphatic carbocycles. The van der Waals surface area contributed by atoms with Gasteiger partial charge >= 0.3 is 0 Å². The molecule has 2 N–H and O–H groups in total. The van der Waals surface area contributed by atoms with Crippen molar-refractivity contribution in [3.05, 3.63) is 28.8 Å². The van der Waals surface area contributed by atoms with Crippen LogP contribution in [0.4, 0.5) is 0 Å². The van der Waals surface area contributed by atoms with Crippen LogP contribution < -0.4 is 10.5 Å². The van der Waals surface area contributed by atoms with Gasteiger partial charge in [-0.3, -0.25) is 0 Å². The maximum absolute atomic E-state index is 6.25. The lowest BCUT2D eigenvalue weighted by molar-refractivity contribution is 0.178.